The zero-order valence-electron chi connectivity index (χ0n) is 11.5. The Kier molecular flexibility index (Phi) is 2.05. The van der Waals surface area contributed by atoms with Gasteiger partial charge in [0.05, 0.1) is 0 Å². The second-order valence-electron chi connectivity index (χ2n) is 5.87. The summed E-state index contributed by atoms with van der Waals surface area (Å²) < 4.78 is 5.79. The third kappa shape index (κ3) is 1.18. The summed E-state index contributed by atoms with van der Waals surface area (Å²) in [7, 11) is 0. The van der Waals surface area contributed by atoms with Gasteiger partial charge in [0.15, 0.2) is 5.60 Å². The van der Waals surface area contributed by atoms with Gasteiger partial charge in [-0.2, -0.15) is 0 Å². The van der Waals surface area contributed by atoms with Crippen molar-refractivity contribution >= 4 is 0 Å². The predicted molar refractivity (Wildman–Crippen MR) is 74.5 cm³/mol. The largest absolute Gasteiger partial charge is 0.454 e. The molecule has 2 aliphatic rings. The number of aliphatic hydroxyl groups is 2. The number of benzene rings is 2. The van der Waals surface area contributed by atoms with Crippen LogP contribution in [0.5, 0.6) is 5.75 Å². The highest BCUT2D eigenvalue weighted by Crippen LogP contribution is 2.58. The summed E-state index contributed by atoms with van der Waals surface area (Å²) in [6, 6.07) is 11.3. The molecule has 2 unspecified atom stereocenters. The maximum Gasteiger partial charge on any atom is 0.268 e. The lowest BCUT2D eigenvalue weighted by atomic mass is 9.86. The Morgan fingerprint density at radius 3 is 2.50 bits per heavy atom. The molecule has 0 fully saturated rings. The van der Waals surface area contributed by atoms with Crippen LogP contribution in [0.25, 0.3) is 0 Å². The molecule has 0 saturated heterocycles. The van der Waals surface area contributed by atoms with Crippen molar-refractivity contribution < 1.29 is 14.9 Å². The van der Waals surface area contributed by atoms with E-state index in [-0.39, 0.29) is 0 Å². The van der Waals surface area contributed by atoms with E-state index in [4.69, 9.17) is 4.74 Å². The maximum absolute atomic E-state index is 11.1. The van der Waals surface area contributed by atoms with E-state index in [2.05, 4.69) is 0 Å². The van der Waals surface area contributed by atoms with Crippen LogP contribution < -0.4 is 4.74 Å². The highest BCUT2D eigenvalue weighted by Gasteiger charge is 2.64. The molecule has 0 bridgehead atoms. The highest BCUT2D eigenvalue weighted by atomic mass is 16.7. The van der Waals surface area contributed by atoms with E-state index in [1.165, 1.54) is 0 Å². The molecule has 0 aromatic heterocycles. The van der Waals surface area contributed by atoms with Crippen molar-refractivity contribution in [2.45, 2.75) is 31.7 Å². The van der Waals surface area contributed by atoms with E-state index >= 15 is 0 Å². The fourth-order valence-electron chi connectivity index (χ4n) is 3.40. The summed E-state index contributed by atoms with van der Waals surface area (Å²) in [6.07, 6.45) is 0.370. The van der Waals surface area contributed by atoms with Crippen molar-refractivity contribution in [1.29, 1.82) is 0 Å². The third-order valence-corrected chi connectivity index (χ3v) is 4.69. The van der Waals surface area contributed by atoms with Crippen LogP contribution in [0, 0.1) is 13.8 Å². The summed E-state index contributed by atoms with van der Waals surface area (Å²) in [5.74, 6) is -1.10. The summed E-state index contributed by atoms with van der Waals surface area (Å²) in [5.41, 5.74) is 3.05. The smallest absolute Gasteiger partial charge is 0.268 e. The summed E-state index contributed by atoms with van der Waals surface area (Å²) in [4.78, 5) is 0. The van der Waals surface area contributed by atoms with E-state index in [1.807, 2.05) is 50.2 Å². The fraction of sp³-hybridized carbons (Fsp3) is 0.294. The Morgan fingerprint density at radius 1 is 1.00 bits per heavy atom. The van der Waals surface area contributed by atoms with Crippen molar-refractivity contribution in [3.63, 3.8) is 0 Å². The molecule has 2 atom stereocenters. The molecule has 1 aliphatic heterocycles. The van der Waals surface area contributed by atoms with Gasteiger partial charge in [-0.25, -0.2) is 0 Å². The molecule has 3 heteroatoms. The standard InChI is InChI=1S/C17H16O3/c1-10-7-14-15(8-11(10)2)20-17(19)13-6-4-3-5-12(13)9-16(14,17)18/h3-8,18-19H,9H2,1-2H3. The Morgan fingerprint density at radius 2 is 1.70 bits per heavy atom. The lowest BCUT2D eigenvalue weighted by Crippen LogP contribution is -2.45. The first-order chi connectivity index (χ1) is 9.46. The normalized spacial score (nSPS) is 29.6. The zero-order valence-corrected chi connectivity index (χ0v) is 11.5. The van der Waals surface area contributed by atoms with Gasteiger partial charge in [-0.3, -0.25) is 0 Å². The molecule has 2 aromatic carbocycles. The zero-order chi connectivity index (χ0) is 14.1. The molecule has 0 saturated carbocycles. The van der Waals surface area contributed by atoms with Crippen LogP contribution in [0.3, 0.4) is 0 Å². The predicted octanol–water partition coefficient (Wildman–Crippen LogP) is 2.28. The van der Waals surface area contributed by atoms with Crippen LogP contribution in [0.1, 0.15) is 27.8 Å². The Bertz CT molecular complexity index is 737. The van der Waals surface area contributed by atoms with E-state index < -0.39 is 11.4 Å². The molecular formula is C17H16O3. The monoisotopic (exact) mass is 268 g/mol. The number of ether oxygens (including phenoxy) is 1. The summed E-state index contributed by atoms with van der Waals surface area (Å²) in [5, 5.41) is 22.1. The second-order valence-corrected chi connectivity index (χ2v) is 5.87. The van der Waals surface area contributed by atoms with Gasteiger partial charge in [0, 0.05) is 17.5 Å². The van der Waals surface area contributed by atoms with Gasteiger partial charge in [0.2, 0.25) is 0 Å². The minimum absolute atomic E-state index is 0.370. The molecule has 0 spiro atoms. The van der Waals surface area contributed by atoms with Crippen LogP contribution in [-0.2, 0) is 17.8 Å². The molecular weight excluding hydrogens is 252 g/mol. The van der Waals surface area contributed by atoms with Crippen molar-refractivity contribution in [1.82, 2.24) is 0 Å². The third-order valence-electron chi connectivity index (χ3n) is 4.69. The molecule has 1 aliphatic carbocycles. The Balaban J connectivity index is 1.98. The molecule has 1 heterocycles. The summed E-state index contributed by atoms with van der Waals surface area (Å²) in [6.45, 7) is 3.99. The van der Waals surface area contributed by atoms with Crippen LogP contribution in [0.4, 0.5) is 0 Å². The SMILES string of the molecule is Cc1cc2c(cc1C)C1(O)Cc3ccccc3C1(O)O2. The van der Waals surface area contributed by atoms with E-state index in [0.29, 0.717) is 23.3 Å². The summed E-state index contributed by atoms with van der Waals surface area (Å²) >= 11 is 0. The first-order valence-corrected chi connectivity index (χ1v) is 6.79. The number of aryl methyl sites for hydroxylation is 2. The number of fused-ring (bicyclic) bond motifs is 5. The maximum atomic E-state index is 11.1. The average Bonchev–Trinajstić information content (AvgIpc) is 2.75. The van der Waals surface area contributed by atoms with Crippen molar-refractivity contribution in [3.8, 4) is 5.75 Å². The molecule has 4 rings (SSSR count). The van der Waals surface area contributed by atoms with Crippen molar-refractivity contribution in [2.24, 2.45) is 0 Å². The molecule has 20 heavy (non-hydrogen) atoms. The first kappa shape index (κ1) is 11.9. The van der Waals surface area contributed by atoms with Crippen molar-refractivity contribution in [2.75, 3.05) is 0 Å². The number of hydrogen-bond acceptors (Lipinski definition) is 3. The van der Waals surface area contributed by atoms with Gasteiger partial charge in [0.1, 0.15) is 5.75 Å². The lowest BCUT2D eigenvalue weighted by molar-refractivity contribution is -0.242. The molecule has 2 aromatic rings. The molecule has 0 radical (unpaired) electrons. The second kappa shape index (κ2) is 3.43. The van der Waals surface area contributed by atoms with Crippen LogP contribution in [0.2, 0.25) is 0 Å². The van der Waals surface area contributed by atoms with Gasteiger partial charge in [-0.1, -0.05) is 24.3 Å². The Labute approximate surface area is 117 Å². The number of hydrogen-bond donors (Lipinski definition) is 2. The minimum atomic E-state index is -1.67. The fourth-order valence-corrected chi connectivity index (χ4v) is 3.40. The lowest BCUT2D eigenvalue weighted by Gasteiger charge is -2.30. The van der Waals surface area contributed by atoms with Gasteiger partial charge < -0.3 is 14.9 Å². The molecule has 3 nitrogen and oxygen atoms in total. The van der Waals surface area contributed by atoms with Gasteiger partial charge >= 0.3 is 0 Å². The van der Waals surface area contributed by atoms with Gasteiger partial charge in [-0.05, 0) is 42.7 Å². The van der Waals surface area contributed by atoms with E-state index in [9.17, 15) is 10.2 Å². The van der Waals surface area contributed by atoms with Crippen LogP contribution in [-0.4, -0.2) is 10.2 Å². The average molecular weight is 268 g/mol. The molecule has 0 amide bonds. The quantitative estimate of drug-likeness (QED) is 0.770. The Hall–Kier alpha value is -1.84. The van der Waals surface area contributed by atoms with Crippen LogP contribution in [0.15, 0.2) is 36.4 Å². The van der Waals surface area contributed by atoms with Gasteiger partial charge in [0.25, 0.3) is 5.79 Å². The highest BCUT2D eigenvalue weighted by molar-refractivity contribution is 5.56. The minimum Gasteiger partial charge on any atom is -0.454 e. The van der Waals surface area contributed by atoms with Crippen molar-refractivity contribution in [3.05, 3.63) is 64.2 Å². The topological polar surface area (TPSA) is 49.7 Å². The number of rotatable bonds is 0. The van der Waals surface area contributed by atoms with E-state index in [0.717, 1.165) is 16.7 Å². The molecule has 102 valence electrons. The van der Waals surface area contributed by atoms with Crippen LogP contribution >= 0.6 is 0 Å². The van der Waals surface area contributed by atoms with Gasteiger partial charge in [-0.15, -0.1) is 0 Å². The van der Waals surface area contributed by atoms with E-state index in [1.54, 1.807) is 0 Å². The molecule has 2 N–H and O–H groups in total. The first-order valence-electron chi connectivity index (χ1n) is 6.79.